The van der Waals surface area contributed by atoms with E-state index in [2.05, 4.69) is 11.1 Å². The van der Waals surface area contributed by atoms with E-state index in [1.165, 1.54) is 11.3 Å². The van der Waals surface area contributed by atoms with Gasteiger partial charge in [0.1, 0.15) is 11.1 Å². The van der Waals surface area contributed by atoms with Crippen LogP contribution in [0.15, 0.2) is 48.5 Å². The van der Waals surface area contributed by atoms with Crippen molar-refractivity contribution < 1.29 is 0 Å². The third-order valence-corrected chi connectivity index (χ3v) is 4.12. The van der Waals surface area contributed by atoms with Gasteiger partial charge in [0, 0.05) is 5.02 Å². The van der Waals surface area contributed by atoms with Crippen molar-refractivity contribution in [2.45, 2.75) is 0 Å². The standard InChI is InChI=1S/C16H9ClN2S/c17-13-6-7-15-14(9-13)19-16(20-15)12(10-18)8-11-4-2-1-3-5-11/h1-9H/b12-8-. The van der Waals surface area contributed by atoms with Crippen molar-refractivity contribution in [2.75, 3.05) is 0 Å². The predicted octanol–water partition coefficient (Wildman–Crippen LogP) is 5.01. The summed E-state index contributed by atoms with van der Waals surface area (Å²) in [5.41, 5.74) is 2.38. The predicted molar refractivity (Wildman–Crippen MR) is 84.6 cm³/mol. The zero-order valence-electron chi connectivity index (χ0n) is 10.4. The summed E-state index contributed by atoms with van der Waals surface area (Å²) >= 11 is 7.45. The van der Waals surface area contributed by atoms with Crippen LogP contribution in [0.25, 0.3) is 21.9 Å². The molecule has 0 aliphatic carbocycles. The van der Waals surface area contributed by atoms with Gasteiger partial charge in [0.15, 0.2) is 0 Å². The largest absolute Gasteiger partial charge is 0.235 e. The highest BCUT2D eigenvalue weighted by atomic mass is 35.5. The number of halogens is 1. The van der Waals surface area contributed by atoms with Gasteiger partial charge in [0.2, 0.25) is 0 Å². The number of nitrogens with zero attached hydrogens (tertiary/aromatic N) is 2. The molecule has 0 amide bonds. The lowest BCUT2D eigenvalue weighted by molar-refractivity contribution is 1.43. The van der Waals surface area contributed by atoms with E-state index in [1.54, 1.807) is 0 Å². The molecule has 2 nitrogen and oxygen atoms in total. The highest BCUT2D eigenvalue weighted by Gasteiger charge is 2.09. The molecule has 0 unspecified atom stereocenters. The molecule has 0 bridgehead atoms. The van der Waals surface area contributed by atoms with Gasteiger partial charge in [-0.1, -0.05) is 41.9 Å². The summed E-state index contributed by atoms with van der Waals surface area (Å²) in [5.74, 6) is 0. The highest BCUT2D eigenvalue weighted by molar-refractivity contribution is 7.19. The van der Waals surface area contributed by atoms with Gasteiger partial charge in [-0.2, -0.15) is 5.26 Å². The Balaban J connectivity index is 2.08. The quantitative estimate of drug-likeness (QED) is 0.623. The second-order valence-corrected chi connectivity index (χ2v) is 5.68. The first-order valence-electron chi connectivity index (χ1n) is 5.99. The highest BCUT2D eigenvalue weighted by Crippen LogP contribution is 2.29. The molecule has 20 heavy (non-hydrogen) atoms. The van der Waals surface area contributed by atoms with Crippen LogP contribution in [0.1, 0.15) is 10.6 Å². The molecule has 3 rings (SSSR count). The van der Waals surface area contributed by atoms with Gasteiger partial charge in [-0.25, -0.2) is 4.98 Å². The van der Waals surface area contributed by atoms with Gasteiger partial charge in [-0.15, -0.1) is 11.3 Å². The summed E-state index contributed by atoms with van der Waals surface area (Å²) in [6.45, 7) is 0. The third kappa shape index (κ3) is 2.57. The molecule has 0 aliphatic heterocycles. The summed E-state index contributed by atoms with van der Waals surface area (Å²) in [6, 6.07) is 17.5. The fourth-order valence-electron chi connectivity index (χ4n) is 1.87. The van der Waals surface area contributed by atoms with Crippen LogP contribution in [0.3, 0.4) is 0 Å². The SMILES string of the molecule is N#C/C(=C/c1ccccc1)c1nc2cc(Cl)ccc2s1. The van der Waals surface area contributed by atoms with Crippen molar-refractivity contribution in [2.24, 2.45) is 0 Å². The summed E-state index contributed by atoms with van der Waals surface area (Å²) in [5, 5.41) is 10.7. The van der Waals surface area contributed by atoms with E-state index < -0.39 is 0 Å². The second-order valence-electron chi connectivity index (χ2n) is 4.21. The van der Waals surface area contributed by atoms with Crippen molar-refractivity contribution in [3.8, 4) is 6.07 Å². The number of thiazole rings is 1. The summed E-state index contributed by atoms with van der Waals surface area (Å²) < 4.78 is 1.03. The number of fused-ring (bicyclic) bond motifs is 1. The smallest absolute Gasteiger partial charge is 0.135 e. The Morgan fingerprint density at radius 3 is 2.75 bits per heavy atom. The second kappa shape index (κ2) is 5.46. The van der Waals surface area contributed by atoms with E-state index in [9.17, 15) is 5.26 Å². The van der Waals surface area contributed by atoms with Gasteiger partial charge in [-0.05, 0) is 29.8 Å². The zero-order valence-corrected chi connectivity index (χ0v) is 11.9. The van der Waals surface area contributed by atoms with Crippen LogP contribution in [0.5, 0.6) is 0 Å². The van der Waals surface area contributed by atoms with E-state index in [1.807, 2.05) is 54.6 Å². The monoisotopic (exact) mass is 296 g/mol. The molecule has 0 spiro atoms. The Morgan fingerprint density at radius 2 is 2.00 bits per heavy atom. The molecular weight excluding hydrogens is 288 g/mol. The maximum Gasteiger partial charge on any atom is 0.135 e. The normalized spacial score (nSPS) is 11.5. The topological polar surface area (TPSA) is 36.7 Å². The lowest BCUT2D eigenvalue weighted by atomic mass is 10.1. The fourth-order valence-corrected chi connectivity index (χ4v) is 2.95. The zero-order chi connectivity index (χ0) is 13.9. The van der Waals surface area contributed by atoms with E-state index in [0.717, 1.165) is 15.8 Å². The van der Waals surface area contributed by atoms with E-state index in [4.69, 9.17) is 11.6 Å². The van der Waals surface area contributed by atoms with Crippen molar-refractivity contribution in [3.63, 3.8) is 0 Å². The molecule has 0 fully saturated rings. The molecule has 4 heteroatoms. The van der Waals surface area contributed by atoms with Crippen LogP contribution in [-0.2, 0) is 0 Å². The minimum absolute atomic E-state index is 0.563. The van der Waals surface area contributed by atoms with Crippen LogP contribution >= 0.6 is 22.9 Å². The Kier molecular flexibility index (Phi) is 3.51. The lowest BCUT2D eigenvalue weighted by Crippen LogP contribution is -1.80. The van der Waals surface area contributed by atoms with Crippen molar-refractivity contribution >= 4 is 44.8 Å². The van der Waals surface area contributed by atoms with Crippen LogP contribution in [0.2, 0.25) is 5.02 Å². The van der Waals surface area contributed by atoms with E-state index >= 15 is 0 Å². The van der Waals surface area contributed by atoms with Crippen molar-refractivity contribution in [3.05, 3.63) is 64.1 Å². The van der Waals surface area contributed by atoms with Gasteiger partial charge in [-0.3, -0.25) is 0 Å². The first-order chi connectivity index (χ1) is 9.76. The summed E-state index contributed by atoms with van der Waals surface area (Å²) in [7, 11) is 0. The molecule has 0 saturated carbocycles. The molecule has 0 radical (unpaired) electrons. The molecule has 3 aromatic rings. The molecule has 1 heterocycles. The molecule has 96 valence electrons. The van der Waals surface area contributed by atoms with Gasteiger partial charge in [0.25, 0.3) is 0 Å². The Morgan fingerprint density at radius 1 is 1.20 bits per heavy atom. The number of rotatable bonds is 2. The average Bonchev–Trinajstić information content (AvgIpc) is 2.88. The average molecular weight is 297 g/mol. The lowest BCUT2D eigenvalue weighted by Gasteiger charge is -1.94. The Bertz CT molecular complexity index is 829. The van der Waals surface area contributed by atoms with Gasteiger partial charge < -0.3 is 0 Å². The number of aromatic nitrogens is 1. The molecule has 0 aliphatic rings. The maximum atomic E-state index is 9.34. The minimum atomic E-state index is 0.563. The number of benzene rings is 2. The van der Waals surface area contributed by atoms with Crippen molar-refractivity contribution in [1.29, 1.82) is 5.26 Å². The van der Waals surface area contributed by atoms with E-state index in [0.29, 0.717) is 15.6 Å². The van der Waals surface area contributed by atoms with Crippen LogP contribution in [0.4, 0.5) is 0 Å². The molecule has 0 saturated heterocycles. The maximum absolute atomic E-state index is 9.34. The summed E-state index contributed by atoms with van der Waals surface area (Å²) in [4.78, 5) is 4.48. The first kappa shape index (κ1) is 12.9. The Labute approximate surface area is 125 Å². The van der Waals surface area contributed by atoms with Gasteiger partial charge in [0.05, 0.1) is 15.8 Å². The third-order valence-electron chi connectivity index (χ3n) is 2.81. The molecule has 0 N–H and O–H groups in total. The van der Waals surface area contributed by atoms with E-state index in [-0.39, 0.29) is 0 Å². The Hall–Kier alpha value is -2.15. The molecular formula is C16H9ClN2S. The number of allylic oxidation sites excluding steroid dienone is 1. The van der Waals surface area contributed by atoms with Crippen molar-refractivity contribution in [1.82, 2.24) is 4.98 Å². The minimum Gasteiger partial charge on any atom is -0.235 e. The van der Waals surface area contributed by atoms with Crippen LogP contribution in [0, 0.1) is 11.3 Å². The number of hydrogen-bond donors (Lipinski definition) is 0. The van der Waals surface area contributed by atoms with Crippen LogP contribution in [-0.4, -0.2) is 4.98 Å². The summed E-state index contributed by atoms with van der Waals surface area (Å²) in [6.07, 6.45) is 1.85. The number of hydrogen-bond acceptors (Lipinski definition) is 3. The molecule has 0 atom stereocenters. The molecule has 1 aromatic heterocycles. The number of nitriles is 1. The molecule has 2 aromatic carbocycles. The van der Waals surface area contributed by atoms with Crippen LogP contribution < -0.4 is 0 Å². The van der Waals surface area contributed by atoms with Gasteiger partial charge >= 0.3 is 0 Å². The first-order valence-corrected chi connectivity index (χ1v) is 7.19. The fraction of sp³-hybridized carbons (Fsp3) is 0.